The zero-order valence-corrected chi connectivity index (χ0v) is 16.7. The molecule has 2 N–H and O–H groups in total. The number of hydrogen-bond donors (Lipinski definition) is 2. The van der Waals surface area contributed by atoms with Crippen molar-refractivity contribution in [2.75, 3.05) is 42.6 Å². The van der Waals surface area contributed by atoms with Gasteiger partial charge in [0.1, 0.15) is 0 Å². The van der Waals surface area contributed by atoms with Crippen LogP contribution in [0.5, 0.6) is 0 Å². The highest BCUT2D eigenvalue weighted by molar-refractivity contribution is 7.91. The first kappa shape index (κ1) is 19.2. The molecular formula is C19H30N3O3S+. The van der Waals surface area contributed by atoms with Crippen LogP contribution in [0.2, 0.25) is 0 Å². The van der Waals surface area contributed by atoms with Gasteiger partial charge in [-0.1, -0.05) is 12.1 Å². The monoisotopic (exact) mass is 380 g/mol. The standard InChI is InChI=1S/C19H29N3O3S/c1-14-5-4-6-18(15(14)2)22-10-8-21(9-11-22)16(3)19(23)20-17-7-12-26(24,25)13-17/h4-6,16-17H,7-13H2,1-3H3,(H,20,23)/p+1/t16-,17+/m0/s1. The summed E-state index contributed by atoms with van der Waals surface area (Å²) < 4.78 is 23.1. The molecule has 2 heterocycles. The predicted molar refractivity (Wildman–Crippen MR) is 103 cm³/mol. The van der Waals surface area contributed by atoms with E-state index < -0.39 is 9.84 Å². The molecule has 1 aromatic rings. The number of carbonyl (C=O) groups excluding carboxylic acids is 1. The van der Waals surface area contributed by atoms with Crippen molar-refractivity contribution in [1.29, 1.82) is 0 Å². The Morgan fingerprint density at radius 3 is 2.58 bits per heavy atom. The highest BCUT2D eigenvalue weighted by Crippen LogP contribution is 2.22. The number of hydrogen-bond acceptors (Lipinski definition) is 4. The van der Waals surface area contributed by atoms with Crippen molar-refractivity contribution in [3.8, 4) is 0 Å². The van der Waals surface area contributed by atoms with Crippen LogP contribution in [-0.2, 0) is 14.6 Å². The summed E-state index contributed by atoms with van der Waals surface area (Å²) in [6.45, 7) is 9.91. The Balaban J connectivity index is 1.54. The summed E-state index contributed by atoms with van der Waals surface area (Å²) in [5.41, 5.74) is 3.91. The van der Waals surface area contributed by atoms with Gasteiger partial charge in [0, 0.05) is 11.7 Å². The normalized spacial score (nSPS) is 24.4. The number of piperazine rings is 1. The van der Waals surface area contributed by atoms with Crippen molar-refractivity contribution >= 4 is 21.4 Å². The van der Waals surface area contributed by atoms with E-state index in [1.165, 1.54) is 21.7 Å². The third-order valence-corrected chi connectivity index (χ3v) is 7.67. The minimum Gasteiger partial charge on any atom is -0.360 e. The van der Waals surface area contributed by atoms with Crippen molar-refractivity contribution < 1.29 is 18.1 Å². The van der Waals surface area contributed by atoms with E-state index in [2.05, 4.69) is 42.3 Å². The van der Waals surface area contributed by atoms with E-state index >= 15 is 0 Å². The number of carbonyl (C=O) groups is 1. The van der Waals surface area contributed by atoms with Gasteiger partial charge in [-0.25, -0.2) is 8.42 Å². The number of benzene rings is 1. The van der Waals surface area contributed by atoms with Crippen LogP contribution in [0.25, 0.3) is 0 Å². The third kappa shape index (κ3) is 4.20. The minimum atomic E-state index is -2.97. The van der Waals surface area contributed by atoms with Gasteiger partial charge in [-0.3, -0.25) is 4.79 Å². The second-order valence-corrected chi connectivity index (χ2v) is 9.92. The van der Waals surface area contributed by atoms with Gasteiger partial charge in [-0.05, 0) is 44.4 Å². The lowest BCUT2D eigenvalue weighted by Crippen LogP contribution is -3.19. The molecule has 6 nitrogen and oxygen atoms in total. The number of rotatable bonds is 4. The minimum absolute atomic E-state index is 0.0257. The fourth-order valence-corrected chi connectivity index (χ4v) is 5.64. The molecule has 1 aromatic carbocycles. The van der Waals surface area contributed by atoms with Gasteiger partial charge < -0.3 is 15.1 Å². The fraction of sp³-hybridized carbons (Fsp3) is 0.632. The van der Waals surface area contributed by atoms with Gasteiger partial charge in [0.15, 0.2) is 15.9 Å². The van der Waals surface area contributed by atoms with Crippen molar-refractivity contribution in [2.24, 2.45) is 0 Å². The summed E-state index contributed by atoms with van der Waals surface area (Å²) >= 11 is 0. The maximum atomic E-state index is 12.5. The lowest BCUT2D eigenvalue weighted by Gasteiger charge is -2.37. The zero-order chi connectivity index (χ0) is 18.9. The summed E-state index contributed by atoms with van der Waals surface area (Å²) in [4.78, 5) is 16.2. The molecule has 2 fully saturated rings. The average Bonchev–Trinajstić information content (AvgIpc) is 2.95. The SMILES string of the molecule is Cc1cccc(N2CC[NH+]([C@@H](C)C(=O)N[C@@H]3CCS(=O)(=O)C3)CC2)c1C. The molecule has 7 heteroatoms. The molecule has 0 spiro atoms. The number of amides is 1. The van der Waals surface area contributed by atoms with Crippen LogP contribution in [0.3, 0.4) is 0 Å². The Hall–Kier alpha value is -1.60. The van der Waals surface area contributed by atoms with Crippen molar-refractivity contribution in [1.82, 2.24) is 5.32 Å². The van der Waals surface area contributed by atoms with Gasteiger partial charge in [-0.15, -0.1) is 0 Å². The number of nitrogens with zero attached hydrogens (tertiary/aromatic N) is 1. The van der Waals surface area contributed by atoms with Gasteiger partial charge in [0.05, 0.1) is 37.7 Å². The Morgan fingerprint density at radius 1 is 1.27 bits per heavy atom. The molecular weight excluding hydrogens is 350 g/mol. The highest BCUT2D eigenvalue weighted by Gasteiger charge is 2.34. The zero-order valence-electron chi connectivity index (χ0n) is 15.9. The number of sulfone groups is 1. The smallest absolute Gasteiger partial charge is 0.278 e. The molecule has 0 bridgehead atoms. The fourth-order valence-electron chi connectivity index (χ4n) is 3.97. The van der Waals surface area contributed by atoms with Crippen molar-refractivity contribution in [3.05, 3.63) is 29.3 Å². The first-order valence-electron chi connectivity index (χ1n) is 9.43. The van der Waals surface area contributed by atoms with E-state index in [0.29, 0.717) is 6.42 Å². The number of aryl methyl sites for hydroxylation is 1. The molecule has 0 aromatic heterocycles. The first-order chi connectivity index (χ1) is 12.3. The van der Waals surface area contributed by atoms with Gasteiger partial charge in [-0.2, -0.15) is 0 Å². The van der Waals surface area contributed by atoms with E-state index in [4.69, 9.17) is 0 Å². The van der Waals surface area contributed by atoms with Crippen molar-refractivity contribution in [2.45, 2.75) is 39.3 Å². The van der Waals surface area contributed by atoms with E-state index in [-0.39, 0.29) is 29.5 Å². The van der Waals surface area contributed by atoms with Crippen molar-refractivity contribution in [3.63, 3.8) is 0 Å². The predicted octanol–water partition coefficient (Wildman–Crippen LogP) is -0.300. The second kappa shape index (κ2) is 7.56. The molecule has 0 saturated carbocycles. The number of nitrogens with one attached hydrogen (secondary N) is 2. The summed E-state index contributed by atoms with van der Waals surface area (Å²) in [6.07, 6.45) is 0.538. The van der Waals surface area contributed by atoms with Crippen LogP contribution in [-0.4, -0.2) is 64.1 Å². The summed E-state index contributed by atoms with van der Waals surface area (Å²) in [5, 5.41) is 2.94. The van der Waals surface area contributed by atoms with E-state index in [9.17, 15) is 13.2 Å². The third-order valence-electron chi connectivity index (χ3n) is 5.91. The summed E-state index contributed by atoms with van der Waals surface area (Å²) in [5.74, 6) is 0.247. The molecule has 26 heavy (non-hydrogen) atoms. The van der Waals surface area contributed by atoms with E-state index in [1.54, 1.807) is 0 Å². The molecule has 2 aliphatic heterocycles. The number of anilines is 1. The molecule has 1 amide bonds. The lowest BCUT2D eigenvalue weighted by atomic mass is 10.1. The maximum Gasteiger partial charge on any atom is 0.278 e. The average molecular weight is 381 g/mol. The highest BCUT2D eigenvalue weighted by atomic mass is 32.2. The van der Waals surface area contributed by atoms with Crippen LogP contribution < -0.4 is 15.1 Å². The molecule has 2 atom stereocenters. The molecule has 0 aliphatic carbocycles. The Morgan fingerprint density at radius 2 is 1.96 bits per heavy atom. The van der Waals surface area contributed by atoms with Crippen LogP contribution in [0.1, 0.15) is 24.5 Å². The van der Waals surface area contributed by atoms with Gasteiger partial charge in [0.2, 0.25) is 0 Å². The van der Waals surface area contributed by atoms with Crippen LogP contribution in [0, 0.1) is 13.8 Å². The topological polar surface area (TPSA) is 70.9 Å². The van der Waals surface area contributed by atoms with Gasteiger partial charge >= 0.3 is 0 Å². The first-order valence-corrected chi connectivity index (χ1v) is 11.3. The van der Waals surface area contributed by atoms with E-state index in [1.807, 2.05) is 6.92 Å². The molecule has 2 aliphatic rings. The molecule has 0 unspecified atom stereocenters. The molecule has 0 radical (unpaired) electrons. The maximum absolute atomic E-state index is 12.5. The quantitative estimate of drug-likeness (QED) is 0.753. The Labute approximate surface area is 156 Å². The molecule has 2 saturated heterocycles. The lowest BCUT2D eigenvalue weighted by molar-refractivity contribution is -0.914. The van der Waals surface area contributed by atoms with Crippen LogP contribution >= 0.6 is 0 Å². The summed E-state index contributed by atoms with van der Waals surface area (Å²) in [7, 11) is -2.97. The summed E-state index contributed by atoms with van der Waals surface area (Å²) in [6, 6.07) is 6.03. The Kier molecular flexibility index (Phi) is 5.58. The van der Waals surface area contributed by atoms with Crippen LogP contribution in [0.15, 0.2) is 18.2 Å². The second-order valence-electron chi connectivity index (χ2n) is 7.69. The van der Waals surface area contributed by atoms with Crippen LogP contribution in [0.4, 0.5) is 5.69 Å². The molecule has 3 rings (SSSR count). The number of quaternary nitrogens is 1. The van der Waals surface area contributed by atoms with E-state index in [0.717, 1.165) is 26.2 Å². The molecule has 144 valence electrons. The van der Waals surface area contributed by atoms with Gasteiger partial charge in [0.25, 0.3) is 5.91 Å². The Bertz CT molecular complexity index is 770. The largest absolute Gasteiger partial charge is 0.360 e.